The number of hydrogen-bond donors (Lipinski definition) is 1. The Morgan fingerprint density at radius 2 is 2.23 bits per heavy atom. The van der Waals surface area contributed by atoms with Crippen LogP contribution in [0.15, 0.2) is 24.3 Å². The van der Waals surface area contributed by atoms with Crippen LogP contribution in [0.1, 0.15) is 32.1 Å². The van der Waals surface area contributed by atoms with Gasteiger partial charge in [-0.15, -0.1) is 0 Å². The van der Waals surface area contributed by atoms with Crippen molar-refractivity contribution >= 4 is 17.5 Å². The van der Waals surface area contributed by atoms with Crippen molar-refractivity contribution in [3.05, 3.63) is 29.3 Å². The average molecular weight is 324 g/mol. The Balaban J connectivity index is 1.58. The lowest BCUT2D eigenvalue weighted by atomic mass is 9.83. The smallest absolute Gasteiger partial charge is 0.225 e. The van der Waals surface area contributed by atoms with E-state index in [0.717, 1.165) is 32.2 Å². The minimum atomic E-state index is -0.972. The minimum absolute atomic E-state index is 0.177. The van der Waals surface area contributed by atoms with Crippen molar-refractivity contribution in [3.63, 3.8) is 0 Å². The number of carbonyl (C=O) groups is 1. The van der Waals surface area contributed by atoms with Crippen LogP contribution in [-0.4, -0.2) is 41.2 Å². The van der Waals surface area contributed by atoms with Crippen molar-refractivity contribution in [3.8, 4) is 5.75 Å². The summed E-state index contributed by atoms with van der Waals surface area (Å²) in [4.78, 5) is 14.2. The maximum Gasteiger partial charge on any atom is 0.225 e. The van der Waals surface area contributed by atoms with Crippen molar-refractivity contribution in [2.45, 2.75) is 37.7 Å². The normalized spacial score (nSPS) is 25.6. The fourth-order valence-corrected chi connectivity index (χ4v) is 3.29. The van der Waals surface area contributed by atoms with Crippen LogP contribution in [0.2, 0.25) is 5.02 Å². The van der Waals surface area contributed by atoms with E-state index >= 15 is 0 Å². The Hall–Kier alpha value is -1.26. The molecule has 1 aliphatic carbocycles. The highest BCUT2D eigenvalue weighted by Crippen LogP contribution is 2.31. The van der Waals surface area contributed by atoms with E-state index in [2.05, 4.69) is 0 Å². The SMILES string of the molecule is O=C(C1CCC1)N1CCCC(O)(COc2cccc(Cl)c2)C1. The second kappa shape index (κ2) is 6.47. The average Bonchev–Trinajstić information content (AvgIpc) is 2.44. The van der Waals surface area contributed by atoms with E-state index in [1.807, 2.05) is 17.0 Å². The van der Waals surface area contributed by atoms with E-state index in [9.17, 15) is 9.90 Å². The van der Waals surface area contributed by atoms with Crippen molar-refractivity contribution in [2.75, 3.05) is 19.7 Å². The number of nitrogens with zero attached hydrogens (tertiary/aromatic N) is 1. The molecular formula is C17H22ClNO3. The number of benzene rings is 1. The first-order valence-corrected chi connectivity index (χ1v) is 8.33. The number of piperidine rings is 1. The maximum atomic E-state index is 12.3. The lowest BCUT2D eigenvalue weighted by molar-refractivity contribution is -0.146. The number of rotatable bonds is 4. The second-order valence-electron chi connectivity index (χ2n) is 6.46. The summed E-state index contributed by atoms with van der Waals surface area (Å²) in [6.07, 6.45) is 4.60. The number of hydrogen-bond acceptors (Lipinski definition) is 3. The zero-order valence-corrected chi connectivity index (χ0v) is 13.4. The quantitative estimate of drug-likeness (QED) is 0.927. The number of ether oxygens (including phenoxy) is 1. The van der Waals surface area contributed by atoms with Crippen LogP contribution in [-0.2, 0) is 4.79 Å². The monoisotopic (exact) mass is 323 g/mol. The number of carbonyl (C=O) groups excluding carboxylic acids is 1. The van der Waals surface area contributed by atoms with Crippen LogP contribution >= 0.6 is 11.6 Å². The molecule has 120 valence electrons. The molecule has 1 atom stereocenters. The third-order valence-electron chi connectivity index (χ3n) is 4.63. The Bertz CT molecular complexity index is 546. The lowest BCUT2D eigenvalue weighted by Crippen LogP contribution is -2.55. The fourth-order valence-electron chi connectivity index (χ4n) is 3.11. The predicted octanol–water partition coefficient (Wildman–Crippen LogP) is 2.87. The fraction of sp³-hybridized carbons (Fsp3) is 0.588. The van der Waals surface area contributed by atoms with Crippen LogP contribution in [0, 0.1) is 5.92 Å². The van der Waals surface area contributed by atoms with Gasteiger partial charge in [-0.3, -0.25) is 4.79 Å². The molecule has 2 aliphatic rings. The highest BCUT2D eigenvalue weighted by atomic mass is 35.5. The Morgan fingerprint density at radius 3 is 2.91 bits per heavy atom. The van der Waals surface area contributed by atoms with Gasteiger partial charge in [-0.2, -0.15) is 0 Å². The van der Waals surface area contributed by atoms with Gasteiger partial charge in [0.05, 0.1) is 6.54 Å². The molecule has 1 saturated heterocycles. The first-order chi connectivity index (χ1) is 10.6. The molecule has 4 nitrogen and oxygen atoms in total. The van der Waals surface area contributed by atoms with E-state index in [1.54, 1.807) is 12.1 Å². The number of likely N-dealkylation sites (tertiary alicyclic amines) is 1. The van der Waals surface area contributed by atoms with Gasteiger partial charge in [-0.05, 0) is 43.9 Å². The first-order valence-electron chi connectivity index (χ1n) is 7.95. The van der Waals surface area contributed by atoms with E-state index in [1.165, 1.54) is 0 Å². The summed E-state index contributed by atoms with van der Waals surface area (Å²) < 4.78 is 5.69. The standard InChI is InChI=1S/C17H22ClNO3/c18-14-6-2-7-15(10-14)22-12-17(21)8-3-9-19(11-17)16(20)13-4-1-5-13/h2,6-7,10,13,21H,1,3-5,8-9,11-12H2. The highest BCUT2D eigenvalue weighted by molar-refractivity contribution is 6.30. The van der Waals surface area contributed by atoms with Crippen molar-refractivity contribution in [1.82, 2.24) is 4.90 Å². The van der Waals surface area contributed by atoms with Gasteiger partial charge in [0.15, 0.2) is 0 Å². The lowest BCUT2D eigenvalue weighted by Gasteiger charge is -2.41. The zero-order chi connectivity index (χ0) is 15.6. The van der Waals surface area contributed by atoms with E-state index in [4.69, 9.17) is 16.3 Å². The molecule has 1 saturated carbocycles. The van der Waals surface area contributed by atoms with Gasteiger partial charge in [0.2, 0.25) is 5.91 Å². The summed E-state index contributed by atoms with van der Waals surface area (Å²) in [6.45, 7) is 1.29. The van der Waals surface area contributed by atoms with Gasteiger partial charge in [-0.25, -0.2) is 0 Å². The molecule has 3 rings (SSSR count). The predicted molar refractivity (Wildman–Crippen MR) is 85.1 cm³/mol. The maximum absolute atomic E-state index is 12.3. The van der Waals surface area contributed by atoms with Gasteiger partial charge in [0, 0.05) is 17.5 Å². The van der Waals surface area contributed by atoms with Crippen LogP contribution in [0.3, 0.4) is 0 Å². The van der Waals surface area contributed by atoms with Crippen LogP contribution in [0.5, 0.6) is 5.75 Å². The molecule has 0 radical (unpaired) electrons. The molecule has 1 amide bonds. The van der Waals surface area contributed by atoms with Crippen molar-refractivity contribution in [2.24, 2.45) is 5.92 Å². The van der Waals surface area contributed by atoms with E-state index < -0.39 is 5.60 Å². The largest absolute Gasteiger partial charge is 0.490 e. The molecule has 0 bridgehead atoms. The summed E-state index contributed by atoms with van der Waals surface area (Å²) in [7, 11) is 0. The first kappa shape index (κ1) is 15.6. The Labute approximate surface area is 136 Å². The van der Waals surface area contributed by atoms with Gasteiger partial charge < -0.3 is 14.7 Å². The third-order valence-corrected chi connectivity index (χ3v) is 4.86. The Morgan fingerprint density at radius 1 is 1.41 bits per heavy atom. The third kappa shape index (κ3) is 3.55. The van der Waals surface area contributed by atoms with Crippen molar-refractivity contribution < 1.29 is 14.6 Å². The van der Waals surface area contributed by atoms with Gasteiger partial charge in [0.1, 0.15) is 18.0 Å². The molecule has 0 spiro atoms. The number of halogens is 1. The number of aliphatic hydroxyl groups is 1. The number of amides is 1. The zero-order valence-electron chi connectivity index (χ0n) is 12.6. The molecule has 1 unspecified atom stereocenters. The molecule has 1 N–H and O–H groups in total. The van der Waals surface area contributed by atoms with Crippen molar-refractivity contribution in [1.29, 1.82) is 0 Å². The molecule has 1 aromatic carbocycles. The van der Waals surface area contributed by atoms with E-state index in [-0.39, 0.29) is 18.4 Å². The molecule has 0 aromatic heterocycles. The molecule has 1 aliphatic heterocycles. The summed E-state index contributed by atoms with van der Waals surface area (Å²) in [5.41, 5.74) is -0.972. The van der Waals surface area contributed by atoms with Gasteiger partial charge in [-0.1, -0.05) is 24.1 Å². The molecule has 1 aromatic rings. The summed E-state index contributed by atoms with van der Waals surface area (Å²) >= 11 is 5.93. The molecule has 1 heterocycles. The second-order valence-corrected chi connectivity index (χ2v) is 6.90. The summed E-state index contributed by atoms with van der Waals surface area (Å²) in [6, 6.07) is 7.14. The van der Waals surface area contributed by atoms with Gasteiger partial charge in [0.25, 0.3) is 0 Å². The van der Waals surface area contributed by atoms with E-state index in [0.29, 0.717) is 23.7 Å². The highest BCUT2D eigenvalue weighted by Gasteiger charge is 2.39. The molecule has 2 fully saturated rings. The number of β-amino-alcohol motifs (C(OH)–C–C–N with tert-alkyl or cyclic N) is 1. The van der Waals surface area contributed by atoms with Gasteiger partial charge >= 0.3 is 0 Å². The molecule has 5 heteroatoms. The summed E-state index contributed by atoms with van der Waals surface area (Å²) in [5.74, 6) is 1.02. The van der Waals surface area contributed by atoms with Crippen LogP contribution in [0.25, 0.3) is 0 Å². The minimum Gasteiger partial charge on any atom is -0.490 e. The summed E-state index contributed by atoms with van der Waals surface area (Å²) in [5, 5.41) is 11.3. The molecular weight excluding hydrogens is 302 g/mol. The van der Waals surface area contributed by atoms with Crippen LogP contribution < -0.4 is 4.74 Å². The van der Waals surface area contributed by atoms with Crippen LogP contribution in [0.4, 0.5) is 0 Å². The molecule has 22 heavy (non-hydrogen) atoms. The topological polar surface area (TPSA) is 49.8 Å². The Kier molecular flexibility index (Phi) is 4.59.